The monoisotopic (exact) mass is 303 g/mol. The van der Waals surface area contributed by atoms with E-state index >= 15 is 0 Å². The molecule has 8 heteroatoms. The number of nitrogens with zero attached hydrogens (tertiary/aromatic N) is 3. The van der Waals surface area contributed by atoms with Crippen LogP contribution in [0.5, 0.6) is 0 Å². The molecule has 0 spiro atoms. The zero-order valence-corrected chi connectivity index (χ0v) is 12.1. The van der Waals surface area contributed by atoms with Crippen molar-refractivity contribution in [3.63, 3.8) is 0 Å². The van der Waals surface area contributed by atoms with Crippen LogP contribution in [-0.2, 0) is 12.6 Å². The fourth-order valence-corrected chi connectivity index (χ4v) is 1.88. The molecule has 1 rings (SSSR count). The van der Waals surface area contributed by atoms with E-state index in [1.165, 1.54) is 13.3 Å². The number of carbonyl (C=O) groups is 1. The second kappa shape index (κ2) is 6.11. The van der Waals surface area contributed by atoms with Crippen molar-refractivity contribution in [2.75, 3.05) is 14.1 Å². The Kier molecular flexibility index (Phi) is 4.93. The van der Waals surface area contributed by atoms with E-state index in [-0.39, 0.29) is 23.4 Å². The maximum absolute atomic E-state index is 13.0. The molecule has 0 unspecified atom stereocenters. The van der Waals surface area contributed by atoms with E-state index < -0.39 is 23.4 Å². The number of halogens is 3. The highest BCUT2D eigenvalue weighted by Crippen LogP contribution is 2.37. The Labute approximate surface area is 120 Å². The molecule has 0 amide bonds. The van der Waals surface area contributed by atoms with E-state index in [0.29, 0.717) is 0 Å². The van der Waals surface area contributed by atoms with Gasteiger partial charge in [0.1, 0.15) is 0 Å². The van der Waals surface area contributed by atoms with Crippen LogP contribution in [0.4, 0.5) is 18.9 Å². The highest BCUT2D eigenvalue weighted by molar-refractivity contribution is 5.93. The van der Waals surface area contributed by atoms with Gasteiger partial charge in [0.25, 0.3) is 0 Å². The summed E-state index contributed by atoms with van der Waals surface area (Å²) in [4.78, 5) is 20.3. The Hall–Kier alpha value is -2.12. The summed E-state index contributed by atoms with van der Waals surface area (Å²) in [6, 6.07) is 0. The Morgan fingerprint density at radius 3 is 2.38 bits per heavy atom. The third kappa shape index (κ3) is 3.71. The summed E-state index contributed by atoms with van der Waals surface area (Å²) < 4.78 is 38.9. The van der Waals surface area contributed by atoms with Crippen LogP contribution in [0.1, 0.15) is 34.2 Å². The number of hydrogen-bond acceptors (Lipinski definition) is 3. The molecule has 0 atom stereocenters. The largest absolute Gasteiger partial charge is 0.478 e. The van der Waals surface area contributed by atoms with Crippen LogP contribution in [0.15, 0.2) is 4.99 Å². The molecule has 0 saturated carbocycles. The maximum atomic E-state index is 13.0. The van der Waals surface area contributed by atoms with Crippen LogP contribution >= 0.6 is 0 Å². The first-order chi connectivity index (χ1) is 9.59. The number of aromatic nitrogens is 1. The summed E-state index contributed by atoms with van der Waals surface area (Å²) >= 11 is 0. The minimum absolute atomic E-state index is 0.0282. The molecular weight excluding hydrogens is 287 g/mol. The lowest BCUT2D eigenvalue weighted by atomic mass is 10.00. The molecule has 1 heterocycles. The quantitative estimate of drug-likeness (QED) is 0.686. The molecule has 0 aliphatic heterocycles. The number of aliphatic imine (C=N–C) groups is 1. The van der Waals surface area contributed by atoms with Crippen LogP contribution in [0, 0.1) is 6.92 Å². The van der Waals surface area contributed by atoms with E-state index in [9.17, 15) is 18.0 Å². The molecule has 0 radical (unpaired) electrons. The third-order valence-corrected chi connectivity index (χ3v) is 2.70. The first-order valence-corrected chi connectivity index (χ1v) is 6.14. The van der Waals surface area contributed by atoms with Crippen molar-refractivity contribution < 1.29 is 23.1 Å². The van der Waals surface area contributed by atoms with E-state index in [2.05, 4.69) is 9.98 Å². The smallest absolute Gasteiger partial charge is 0.434 e. The number of alkyl halides is 3. The summed E-state index contributed by atoms with van der Waals surface area (Å²) in [5.41, 5.74) is -1.98. The van der Waals surface area contributed by atoms with Crippen molar-refractivity contribution in [1.29, 1.82) is 0 Å². The molecule has 116 valence electrons. The van der Waals surface area contributed by atoms with Gasteiger partial charge in [-0.05, 0) is 18.9 Å². The number of hydrogen-bond donors (Lipinski definition) is 1. The summed E-state index contributed by atoms with van der Waals surface area (Å²) in [5, 5.41) is 9.13. The van der Waals surface area contributed by atoms with Crippen molar-refractivity contribution in [3.8, 4) is 0 Å². The molecule has 1 N–H and O–H groups in total. The topological polar surface area (TPSA) is 65.8 Å². The van der Waals surface area contributed by atoms with E-state index in [1.54, 1.807) is 25.9 Å². The van der Waals surface area contributed by atoms with E-state index in [1.807, 2.05) is 0 Å². The van der Waals surface area contributed by atoms with Crippen molar-refractivity contribution in [2.24, 2.45) is 4.99 Å². The van der Waals surface area contributed by atoms with E-state index in [4.69, 9.17) is 5.11 Å². The van der Waals surface area contributed by atoms with E-state index in [0.717, 1.165) is 0 Å². The lowest BCUT2D eigenvalue weighted by molar-refractivity contribution is -0.141. The predicted molar refractivity (Wildman–Crippen MR) is 72.2 cm³/mol. The molecule has 21 heavy (non-hydrogen) atoms. The first-order valence-electron chi connectivity index (χ1n) is 6.14. The van der Waals surface area contributed by atoms with Gasteiger partial charge in [-0.25, -0.2) is 14.8 Å². The summed E-state index contributed by atoms with van der Waals surface area (Å²) in [5.74, 6) is -1.66. The van der Waals surface area contributed by atoms with Crippen LogP contribution < -0.4 is 0 Å². The average molecular weight is 303 g/mol. The van der Waals surface area contributed by atoms with Gasteiger partial charge in [-0.15, -0.1) is 0 Å². The lowest BCUT2D eigenvalue weighted by Crippen LogP contribution is -2.19. The number of carboxylic acid groups (broad SMARTS) is 1. The SMILES string of the molecule is CCc1c(N=CN(C)C)c(C)nc(C(F)(F)F)c1C(=O)O. The van der Waals surface area contributed by atoms with Crippen LogP contribution in [0.25, 0.3) is 0 Å². The van der Waals surface area contributed by atoms with Gasteiger partial charge in [-0.3, -0.25) is 0 Å². The Balaban J connectivity index is 3.71. The number of rotatable bonds is 4. The summed E-state index contributed by atoms with van der Waals surface area (Å²) in [6.07, 6.45) is -3.33. The van der Waals surface area contributed by atoms with Gasteiger partial charge in [0.2, 0.25) is 0 Å². The fourth-order valence-electron chi connectivity index (χ4n) is 1.88. The Bertz CT molecular complexity index is 581. The molecule has 0 saturated heterocycles. The van der Waals surface area contributed by atoms with Crippen molar-refractivity contribution in [3.05, 3.63) is 22.5 Å². The fraction of sp³-hybridized carbons (Fsp3) is 0.462. The number of aromatic carboxylic acids is 1. The summed E-state index contributed by atoms with van der Waals surface area (Å²) in [7, 11) is 3.39. The Morgan fingerprint density at radius 1 is 1.43 bits per heavy atom. The average Bonchev–Trinajstić information content (AvgIpc) is 2.34. The molecule has 1 aromatic heterocycles. The van der Waals surface area contributed by atoms with Gasteiger partial charge in [-0.1, -0.05) is 6.92 Å². The molecule has 0 bridgehead atoms. The number of carboxylic acids is 1. The van der Waals surface area contributed by atoms with Crippen molar-refractivity contribution >= 4 is 18.0 Å². The minimum Gasteiger partial charge on any atom is -0.478 e. The van der Waals surface area contributed by atoms with Gasteiger partial charge < -0.3 is 10.0 Å². The maximum Gasteiger partial charge on any atom is 0.434 e. The number of aryl methyl sites for hydroxylation is 1. The predicted octanol–water partition coefficient (Wildman–Crippen LogP) is 2.89. The van der Waals surface area contributed by atoms with Crippen LogP contribution in [-0.4, -0.2) is 41.4 Å². The summed E-state index contributed by atoms with van der Waals surface area (Å²) in [6.45, 7) is 2.96. The van der Waals surface area contributed by atoms with Crippen LogP contribution in [0.2, 0.25) is 0 Å². The van der Waals surface area contributed by atoms with Crippen molar-refractivity contribution in [1.82, 2.24) is 9.88 Å². The van der Waals surface area contributed by atoms with Crippen molar-refractivity contribution in [2.45, 2.75) is 26.4 Å². The molecule has 1 aromatic rings. The first kappa shape index (κ1) is 16.9. The van der Waals surface area contributed by atoms with Gasteiger partial charge in [0.05, 0.1) is 23.3 Å². The van der Waals surface area contributed by atoms with Gasteiger partial charge >= 0.3 is 12.1 Å². The second-order valence-corrected chi connectivity index (χ2v) is 4.61. The van der Waals surface area contributed by atoms with Gasteiger partial charge in [0, 0.05) is 14.1 Å². The molecule has 0 aliphatic rings. The highest BCUT2D eigenvalue weighted by Gasteiger charge is 2.39. The molecule has 5 nitrogen and oxygen atoms in total. The normalized spacial score (nSPS) is 12.0. The molecule has 0 fully saturated rings. The number of pyridine rings is 1. The molecular formula is C13H16F3N3O2. The van der Waals surface area contributed by atoms with Gasteiger partial charge in [0.15, 0.2) is 5.69 Å². The standard InChI is InChI=1S/C13H16F3N3O2/c1-5-8-9(12(20)21)11(13(14,15)16)18-7(2)10(8)17-6-19(3)4/h6H,5H2,1-4H3,(H,20,21). The zero-order valence-electron chi connectivity index (χ0n) is 12.1. The van der Waals surface area contributed by atoms with Gasteiger partial charge in [-0.2, -0.15) is 13.2 Å². The molecule has 0 aliphatic carbocycles. The third-order valence-electron chi connectivity index (χ3n) is 2.70. The minimum atomic E-state index is -4.83. The zero-order chi connectivity index (χ0) is 16.4. The molecule has 0 aromatic carbocycles. The van der Waals surface area contributed by atoms with Crippen LogP contribution in [0.3, 0.4) is 0 Å². The second-order valence-electron chi connectivity index (χ2n) is 4.61. The lowest BCUT2D eigenvalue weighted by Gasteiger charge is -2.16. The Morgan fingerprint density at radius 2 is 2.00 bits per heavy atom. The highest BCUT2D eigenvalue weighted by atomic mass is 19.4.